The number of carbonyl (C=O) groups is 2. The van der Waals surface area contributed by atoms with Crippen molar-refractivity contribution in [1.29, 1.82) is 5.26 Å². The molecule has 0 aromatic heterocycles. The van der Waals surface area contributed by atoms with Crippen molar-refractivity contribution in [1.82, 2.24) is 4.72 Å². The summed E-state index contributed by atoms with van der Waals surface area (Å²) in [5.41, 5.74) is 0.880. The number of nitrogens with one attached hydrogen (secondary N) is 2. The molecule has 0 aliphatic heterocycles. The Kier molecular flexibility index (Phi) is 7.69. The highest BCUT2D eigenvalue weighted by molar-refractivity contribution is 7.89. The van der Waals surface area contributed by atoms with Crippen LogP contribution in [0, 0.1) is 17.2 Å². The number of anilines is 1. The van der Waals surface area contributed by atoms with Crippen molar-refractivity contribution in [2.45, 2.75) is 37.8 Å². The summed E-state index contributed by atoms with van der Waals surface area (Å²) in [6.45, 7) is 4.72. The molecule has 2 aromatic carbocycles. The van der Waals surface area contributed by atoms with E-state index in [9.17, 15) is 18.0 Å². The molecule has 0 aliphatic carbocycles. The Morgan fingerprint density at radius 2 is 1.60 bits per heavy atom. The molecule has 2 atom stereocenters. The maximum Gasteiger partial charge on any atom is 0.325 e. The van der Waals surface area contributed by atoms with Gasteiger partial charge < -0.3 is 10.1 Å². The van der Waals surface area contributed by atoms with Crippen LogP contribution in [-0.4, -0.2) is 32.4 Å². The Labute approximate surface area is 175 Å². The molecule has 9 heteroatoms. The Bertz CT molecular complexity index is 1030. The van der Waals surface area contributed by atoms with E-state index in [1.54, 1.807) is 56.3 Å². The van der Waals surface area contributed by atoms with Crippen LogP contribution in [0.5, 0.6) is 0 Å². The Hall–Kier alpha value is -3.22. The van der Waals surface area contributed by atoms with Crippen LogP contribution in [0.15, 0.2) is 59.5 Å². The van der Waals surface area contributed by atoms with E-state index in [0.29, 0.717) is 11.3 Å². The standard InChI is InChI=1S/C21H23N3O5S/c1-14(2)19(24-30(27,28)18-7-5-4-6-8-18)21(26)29-15(3)20(25)23-17-11-9-16(13-22)10-12-17/h4-12,14-15,19,24H,1-3H3,(H,23,25)/t15-,19+/m1/s1. The lowest BCUT2D eigenvalue weighted by atomic mass is 10.1. The van der Waals surface area contributed by atoms with Crippen LogP contribution >= 0.6 is 0 Å². The van der Waals surface area contributed by atoms with Crippen LogP contribution in [0.2, 0.25) is 0 Å². The fraction of sp³-hybridized carbons (Fsp3) is 0.286. The van der Waals surface area contributed by atoms with Gasteiger partial charge in [0.1, 0.15) is 6.04 Å². The van der Waals surface area contributed by atoms with Gasteiger partial charge in [-0.05, 0) is 49.2 Å². The minimum absolute atomic E-state index is 0.0232. The van der Waals surface area contributed by atoms with E-state index < -0.39 is 40.0 Å². The van der Waals surface area contributed by atoms with Crippen LogP contribution in [0.25, 0.3) is 0 Å². The number of benzene rings is 2. The Balaban J connectivity index is 2.04. The van der Waals surface area contributed by atoms with E-state index in [1.807, 2.05) is 6.07 Å². The first kappa shape index (κ1) is 23.1. The molecule has 2 N–H and O–H groups in total. The lowest BCUT2D eigenvalue weighted by molar-refractivity contribution is -0.155. The average Bonchev–Trinajstić information content (AvgIpc) is 2.72. The van der Waals surface area contributed by atoms with Crippen molar-refractivity contribution in [3.8, 4) is 6.07 Å². The molecule has 0 bridgehead atoms. The topological polar surface area (TPSA) is 125 Å². The fourth-order valence-electron chi connectivity index (χ4n) is 2.46. The van der Waals surface area contributed by atoms with Crippen molar-refractivity contribution in [2.24, 2.45) is 5.92 Å². The largest absolute Gasteiger partial charge is 0.451 e. The molecule has 0 heterocycles. The quantitative estimate of drug-likeness (QED) is 0.621. The second-order valence-electron chi connectivity index (χ2n) is 6.91. The minimum Gasteiger partial charge on any atom is -0.451 e. The van der Waals surface area contributed by atoms with Crippen LogP contribution < -0.4 is 10.0 Å². The molecule has 1 amide bonds. The highest BCUT2D eigenvalue weighted by Gasteiger charge is 2.31. The molecule has 30 heavy (non-hydrogen) atoms. The molecule has 158 valence electrons. The normalized spacial score (nSPS) is 13.2. The third-order valence-corrected chi connectivity index (χ3v) is 5.66. The zero-order valence-corrected chi connectivity index (χ0v) is 17.6. The number of hydrogen-bond acceptors (Lipinski definition) is 6. The van der Waals surface area contributed by atoms with E-state index in [-0.39, 0.29) is 4.90 Å². The van der Waals surface area contributed by atoms with E-state index in [4.69, 9.17) is 10.00 Å². The van der Waals surface area contributed by atoms with Crippen LogP contribution in [0.3, 0.4) is 0 Å². The van der Waals surface area contributed by atoms with Gasteiger partial charge in [-0.2, -0.15) is 9.98 Å². The van der Waals surface area contributed by atoms with Crippen molar-refractivity contribution in [3.63, 3.8) is 0 Å². The number of ether oxygens (including phenoxy) is 1. The smallest absolute Gasteiger partial charge is 0.325 e. The molecule has 0 saturated carbocycles. The number of nitriles is 1. The van der Waals surface area contributed by atoms with Crippen molar-refractivity contribution in [2.75, 3.05) is 5.32 Å². The molecule has 0 fully saturated rings. The van der Waals surface area contributed by atoms with Gasteiger partial charge in [0.25, 0.3) is 5.91 Å². The Morgan fingerprint density at radius 1 is 1.00 bits per heavy atom. The summed E-state index contributed by atoms with van der Waals surface area (Å²) >= 11 is 0. The average molecular weight is 429 g/mol. The first-order chi connectivity index (χ1) is 14.1. The SMILES string of the molecule is CC(C)[C@H](NS(=O)(=O)c1ccccc1)C(=O)O[C@H](C)C(=O)Nc1ccc(C#N)cc1. The molecular weight excluding hydrogens is 406 g/mol. The number of nitrogens with zero attached hydrogens (tertiary/aromatic N) is 1. The van der Waals surface area contributed by atoms with Gasteiger partial charge in [0.15, 0.2) is 6.10 Å². The molecule has 0 unspecified atom stereocenters. The lowest BCUT2D eigenvalue weighted by Crippen LogP contribution is -2.47. The van der Waals surface area contributed by atoms with Gasteiger partial charge in [0, 0.05) is 5.69 Å². The van der Waals surface area contributed by atoms with Gasteiger partial charge in [0.2, 0.25) is 10.0 Å². The van der Waals surface area contributed by atoms with Crippen LogP contribution in [-0.2, 0) is 24.3 Å². The van der Waals surface area contributed by atoms with Gasteiger partial charge in [-0.3, -0.25) is 9.59 Å². The summed E-state index contributed by atoms with van der Waals surface area (Å²) in [4.78, 5) is 24.9. The predicted molar refractivity (Wildman–Crippen MR) is 111 cm³/mol. The maximum atomic E-state index is 12.6. The van der Waals surface area contributed by atoms with Gasteiger partial charge in [-0.25, -0.2) is 8.42 Å². The summed E-state index contributed by atoms with van der Waals surface area (Å²) < 4.78 is 32.6. The molecule has 0 radical (unpaired) electrons. The maximum absolute atomic E-state index is 12.6. The summed E-state index contributed by atoms with van der Waals surface area (Å²) in [5, 5.41) is 11.4. The molecule has 8 nitrogen and oxygen atoms in total. The predicted octanol–water partition coefficient (Wildman–Crippen LogP) is 2.43. The first-order valence-corrected chi connectivity index (χ1v) is 10.7. The second kappa shape index (κ2) is 10.0. The van der Waals surface area contributed by atoms with E-state index in [0.717, 1.165) is 0 Å². The zero-order chi connectivity index (χ0) is 22.3. The van der Waals surface area contributed by atoms with Gasteiger partial charge in [-0.15, -0.1) is 0 Å². The highest BCUT2D eigenvalue weighted by Crippen LogP contribution is 2.14. The molecular formula is C21H23N3O5S. The summed E-state index contributed by atoms with van der Waals surface area (Å²) in [5.74, 6) is -1.85. The third kappa shape index (κ3) is 6.14. The minimum atomic E-state index is -3.94. The monoisotopic (exact) mass is 429 g/mol. The molecule has 0 saturated heterocycles. The van der Waals surface area contributed by atoms with E-state index in [1.165, 1.54) is 19.1 Å². The van der Waals surface area contributed by atoms with Gasteiger partial charge in [-0.1, -0.05) is 32.0 Å². The number of rotatable bonds is 8. The van der Waals surface area contributed by atoms with Crippen LogP contribution in [0.4, 0.5) is 5.69 Å². The summed E-state index contributed by atoms with van der Waals surface area (Å²) in [7, 11) is -3.94. The number of hydrogen-bond donors (Lipinski definition) is 2. The molecule has 0 spiro atoms. The number of carbonyl (C=O) groups excluding carboxylic acids is 2. The van der Waals surface area contributed by atoms with E-state index >= 15 is 0 Å². The first-order valence-electron chi connectivity index (χ1n) is 9.23. The summed E-state index contributed by atoms with van der Waals surface area (Å²) in [6.07, 6.45) is -1.16. The zero-order valence-electron chi connectivity index (χ0n) is 16.8. The molecule has 0 aliphatic rings. The molecule has 2 rings (SSSR count). The number of amides is 1. The lowest BCUT2D eigenvalue weighted by Gasteiger charge is -2.23. The van der Waals surface area contributed by atoms with Crippen molar-refractivity contribution in [3.05, 3.63) is 60.2 Å². The van der Waals surface area contributed by atoms with Gasteiger partial charge >= 0.3 is 5.97 Å². The summed E-state index contributed by atoms with van der Waals surface area (Å²) in [6, 6.07) is 14.7. The molecule has 2 aromatic rings. The van der Waals surface area contributed by atoms with E-state index in [2.05, 4.69) is 10.0 Å². The van der Waals surface area contributed by atoms with Crippen molar-refractivity contribution < 1.29 is 22.7 Å². The van der Waals surface area contributed by atoms with Gasteiger partial charge in [0.05, 0.1) is 16.5 Å². The number of sulfonamides is 1. The highest BCUT2D eigenvalue weighted by atomic mass is 32.2. The fourth-order valence-corrected chi connectivity index (χ4v) is 3.82. The van der Waals surface area contributed by atoms with Crippen molar-refractivity contribution >= 4 is 27.6 Å². The second-order valence-corrected chi connectivity index (χ2v) is 8.63. The van der Waals surface area contributed by atoms with Crippen LogP contribution in [0.1, 0.15) is 26.3 Å². The Morgan fingerprint density at radius 3 is 2.13 bits per heavy atom. The third-order valence-electron chi connectivity index (χ3n) is 4.20. The number of esters is 1.